The van der Waals surface area contributed by atoms with Crippen LogP contribution in [0.2, 0.25) is 0 Å². The van der Waals surface area contributed by atoms with Crippen molar-refractivity contribution in [3.63, 3.8) is 0 Å². The van der Waals surface area contributed by atoms with E-state index in [-0.39, 0.29) is 23.4 Å². The molecule has 3 aromatic rings. The number of carbonyl (C=O) groups is 1. The molecule has 3 N–H and O–H groups in total. The van der Waals surface area contributed by atoms with Crippen LogP contribution < -0.4 is 10.9 Å². The molecule has 0 amide bonds. The zero-order valence-electron chi connectivity index (χ0n) is 16.6. The normalized spacial score (nSPS) is 25.5. The second-order valence-electron chi connectivity index (χ2n) is 8.52. The first-order valence-electron chi connectivity index (χ1n) is 10.3. The first-order valence-corrected chi connectivity index (χ1v) is 10.3. The number of hydrogen-bond acceptors (Lipinski definition) is 4. The van der Waals surface area contributed by atoms with Crippen molar-refractivity contribution in [1.82, 2.24) is 14.5 Å². The number of nitrogens with zero attached hydrogens (tertiary/aromatic N) is 2. The van der Waals surface area contributed by atoms with Gasteiger partial charge < -0.3 is 20.0 Å². The minimum absolute atomic E-state index is 0.153. The van der Waals surface area contributed by atoms with Crippen LogP contribution >= 0.6 is 0 Å². The topological polar surface area (TPSA) is 100 Å². The number of fused-ring (bicyclic) bond motifs is 4. The van der Waals surface area contributed by atoms with E-state index in [0.717, 1.165) is 43.0 Å². The van der Waals surface area contributed by atoms with Gasteiger partial charge in [-0.25, -0.2) is 9.37 Å². The molecule has 3 heterocycles. The molecule has 3 fully saturated rings. The van der Waals surface area contributed by atoms with Crippen molar-refractivity contribution in [2.45, 2.75) is 31.7 Å². The summed E-state index contributed by atoms with van der Waals surface area (Å²) < 4.78 is 15.2. The number of nitrogens with one attached hydrogen (secondary N) is 2. The first kappa shape index (κ1) is 18.8. The lowest BCUT2D eigenvalue weighted by atomic mass is 9.61. The van der Waals surface area contributed by atoms with Gasteiger partial charge in [-0.05, 0) is 49.7 Å². The highest BCUT2D eigenvalue weighted by Crippen LogP contribution is 2.46. The Labute approximate surface area is 171 Å². The monoisotopic (exact) mass is 410 g/mol. The fraction of sp³-hybridized carbons (Fsp3) is 0.409. The molecule has 7 nitrogen and oxygen atoms in total. The van der Waals surface area contributed by atoms with Gasteiger partial charge in [-0.1, -0.05) is 0 Å². The third kappa shape index (κ3) is 2.98. The summed E-state index contributed by atoms with van der Waals surface area (Å²) >= 11 is 0. The van der Waals surface area contributed by atoms with Crippen molar-refractivity contribution in [2.24, 2.45) is 24.8 Å². The molecule has 2 bridgehead atoms. The van der Waals surface area contributed by atoms with Gasteiger partial charge in [-0.15, -0.1) is 0 Å². The smallest absolute Gasteiger partial charge is 0.308 e. The fourth-order valence-electron chi connectivity index (χ4n) is 5.37. The van der Waals surface area contributed by atoms with Crippen LogP contribution in [0.5, 0.6) is 0 Å². The number of aromatic amines is 1. The Morgan fingerprint density at radius 3 is 2.73 bits per heavy atom. The van der Waals surface area contributed by atoms with Gasteiger partial charge in [-0.2, -0.15) is 0 Å². The quantitative estimate of drug-likeness (QED) is 0.612. The van der Waals surface area contributed by atoms with E-state index in [9.17, 15) is 19.1 Å². The van der Waals surface area contributed by atoms with E-state index in [0.29, 0.717) is 16.7 Å². The van der Waals surface area contributed by atoms with Gasteiger partial charge in [0.2, 0.25) is 0 Å². The molecule has 2 atom stereocenters. The molecule has 0 spiro atoms. The van der Waals surface area contributed by atoms with Crippen LogP contribution in [-0.4, -0.2) is 31.7 Å². The fourth-order valence-corrected chi connectivity index (χ4v) is 5.37. The summed E-state index contributed by atoms with van der Waals surface area (Å²) in [6.45, 7) is 0. The van der Waals surface area contributed by atoms with Gasteiger partial charge in [0.25, 0.3) is 5.56 Å². The maximum absolute atomic E-state index is 13.7. The number of pyridine rings is 2. The van der Waals surface area contributed by atoms with Crippen molar-refractivity contribution in [2.75, 3.05) is 5.32 Å². The number of halogens is 1. The standard InChI is InChI=1S/C22H23FN4O3/c1-27-10-13(16-9-25-20-15(16)7-14(23)8-24-20)6-17(21(27)28)26-19-12-4-2-11(3-5-12)18(19)22(29)30/h6-12,18-19,26H,2-5H2,1H3,(H,24,25)(H,29,30)/t11?,12?,18-,19?/m0/s1. The Hall–Kier alpha value is -3.16. The lowest BCUT2D eigenvalue weighted by molar-refractivity contribution is -0.148. The summed E-state index contributed by atoms with van der Waals surface area (Å²) in [6, 6.07) is 2.88. The minimum Gasteiger partial charge on any atom is -0.481 e. The molecular weight excluding hydrogens is 387 g/mol. The highest BCUT2D eigenvalue weighted by Gasteiger charge is 2.47. The maximum Gasteiger partial charge on any atom is 0.308 e. The van der Waals surface area contributed by atoms with Crippen molar-refractivity contribution in [1.29, 1.82) is 0 Å². The summed E-state index contributed by atoms with van der Waals surface area (Å²) in [7, 11) is 1.66. The summed E-state index contributed by atoms with van der Waals surface area (Å²) in [5.74, 6) is -1.32. The number of H-pyrrole nitrogens is 1. The van der Waals surface area contributed by atoms with Crippen molar-refractivity contribution in [3.05, 3.63) is 46.9 Å². The van der Waals surface area contributed by atoms with Crippen LogP contribution in [-0.2, 0) is 11.8 Å². The lowest BCUT2D eigenvalue weighted by Crippen LogP contribution is -2.52. The minimum atomic E-state index is -0.798. The van der Waals surface area contributed by atoms with E-state index in [1.54, 1.807) is 25.5 Å². The summed E-state index contributed by atoms with van der Waals surface area (Å²) in [6.07, 6.45) is 8.43. The number of carboxylic acid groups (broad SMARTS) is 1. The average molecular weight is 410 g/mol. The van der Waals surface area contributed by atoms with Crippen molar-refractivity contribution in [3.8, 4) is 11.1 Å². The summed E-state index contributed by atoms with van der Waals surface area (Å²) in [4.78, 5) is 31.9. The number of carboxylic acids is 1. The molecule has 0 aliphatic heterocycles. The van der Waals surface area contributed by atoms with Crippen LogP contribution in [0.25, 0.3) is 22.2 Å². The number of aryl methyl sites for hydroxylation is 1. The highest BCUT2D eigenvalue weighted by atomic mass is 19.1. The third-order valence-corrected chi connectivity index (χ3v) is 6.82. The van der Waals surface area contributed by atoms with E-state index in [1.807, 2.05) is 0 Å². The number of aliphatic carboxylic acids is 1. The van der Waals surface area contributed by atoms with Gasteiger partial charge in [0, 0.05) is 42.0 Å². The van der Waals surface area contributed by atoms with Crippen LogP contribution in [0.3, 0.4) is 0 Å². The van der Waals surface area contributed by atoms with Crippen molar-refractivity contribution >= 4 is 22.7 Å². The molecule has 156 valence electrons. The van der Waals surface area contributed by atoms with Crippen LogP contribution in [0, 0.1) is 23.6 Å². The Bertz CT molecular complexity index is 1190. The highest BCUT2D eigenvalue weighted by molar-refractivity contribution is 5.93. The molecule has 3 aromatic heterocycles. The Balaban J connectivity index is 1.56. The maximum atomic E-state index is 13.7. The SMILES string of the molecule is Cn1cc(-c2c[nH]c3ncc(F)cc23)cc(NC2C3CCC(CC3)[C@@H]2C(=O)O)c1=O. The Morgan fingerprint density at radius 1 is 1.27 bits per heavy atom. The Kier molecular flexibility index (Phi) is 4.38. The molecule has 1 unspecified atom stereocenters. The molecular formula is C22H23FN4O3. The molecule has 3 aliphatic carbocycles. The van der Waals surface area contributed by atoms with E-state index >= 15 is 0 Å². The molecule has 0 saturated heterocycles. The second-order valence-corrected chi connectivity index (χ2v) is 8.52. The second kappa shape index (κ2) is 6.97. The van der Waals surface area contributed by atoms with E-state index in [1.165, 1.54) is 10.6 Å². The largest absolute Gasteiger partial charge is 0.481 e. The zero-order valence-corrected chi connectivity index (χ0v) is 16.6. The van der Waals surface area contributed by atoms with Gasteiger partial charge in [0.05, 0.1) is 12.1 Å². The summed E-state index contributed by atoms with van der Waals surface area (Å²) in [5, 5.41) is 13.7. The first-order chi connectivity index (χ1) is 14.4. The number of anilines is 1. The van der Waals surface area contributed by atoms with E-state index < -0.39 is 17.7 Å². The molecule has 0 radical (unpaired) electrons. The van der Waals surface area contributed by atoms with Crippen molar-refractivity contribution < 1.29 is 14.3 Å². The number of aromatic nitrogens is 3. The van der Waals surface area contributed by atoms with Crippen LogP contribution in [0.1, 0.15) is 25.7 Å². The third-order valence-electron chi connectivity index (χ3n) is 6.82. The average Bonchev–Trinajstić information content (AvgIpc) is 3.14. The molecule has 30 heavy (non-hydrogen) atoms. The molecule has 8 heteroatoms. The van der Waals surface area contributed by atoms with E-state index in [2.05, 4.69) is 15.3 Å². The lowest BCUT2D eigenvalue weighted by Gasteiger charge is -2.47. The number of hydrogen-bond donors (Lipinski definition) is 3. The van der Waals surface area contributed by atoms with Gasteiger partial charge >= 0.3 is 5.97 Å². The predicted octanol–water partition coefficient (Wildman–Crippen LogP) is 3.37. The molecule has 6 rings (SSSR count). The molecule has 0 aromatic carbocycles. The summed E-state index contributed by atoms with van der Waals surface area (Å²) in [5.41, 5.74) is 2.18. The van der Waals surface area contributed by atoms with Gasteiger partial charge in [0.15, 0.2) is 0 Å². The molecule has 3 saturated carbocycles. The van der Waals surface area contributed by atoms with Gasteiger partial charge in [-0.3, -0.25) is 9.59 Å². The molecule has 3 aliphatic rings. The van der Waals surface area contributed by atoms with Gasteiger partial charge in [0.1, 0.15) is 17.2 Å². The zero-order chi connectivity index (χ0) is 21.0. The predicted molar refractivity (Wildman–Crippen MR) is 111 cm³/mol. The van der Waals surface area contributed by atoms with Crippen LogP contribution in [0.15, 0.2) is 35.5 Å². The Morgan fingerprint density at radius 2 is 2.00 bits per heavy atom. The van der Waals surface area contributed by atoms with E-state index in [4.69, 9.17) is 0 Å². The number of rotatable bonds is 4. The van der Waals surface area contributed by atoms with Crippen LogP contribution in [0.4, 0.5) is 10.1 Å².